The average molecular weight is 325 g/mol. The highest BCUT2D eigenvalue weighted by Crippen LogP contribution is 2.47. The van der Waals surface area contributed by atoms with E-state index in [9.17, 15) is 24.3 Å². The number of Topliss-reactive ketones (excluding diaryl/α,β-unsaturated/α-hetero) is 2. The molecule has 0 radical (unpaired) electrons. The Kier molecular flexibility index (Phi) is 4.03. The summed E-state index contributed by atoms with van der Waals surface area (Å²) in [4.78, 5) is 49.8. The lowest BCUT2D eigenvalue weighted by Gasteiger charge is -2.47. The molecule has 0 aromatic rings. The number of rotatable bonds is 1. The molecule has 1 atom stereocenters. The molecule has 23 heavy (non-hydrogen) atoms. The predicted molar refractivity (Wildman–Crippen MR) is 79.9 cm³/mol. The predicted octanol–water partition coefficient (Wildman–Crippen LogP) is 1.78. The van der Waals surface area contributed by atoms with Crippen LogP contribution in [-0.4, -0.2) is 51.3 Å². The lowest BCUT2D eigenvalue weighted by atomic mass is 9.68. The fourth-order valence-corrected chi connectivity index (χ4v) is 3.46. The van der Waals surface area contributed by atoms with E-state index in [4.69, 9.17) is 4.74 Å². The van der Waals surface area contributed by atoms with Crippen LogP contribution in [0.1, 0.15) is 53.4 Å². The second-order valence-electron chi connectivity index (χ2n) is 7.57. The molecule has 0 aromatic carbocycles. The molecule has 7 heteroatoms. The number of carbonyl (C=O) groups is 4. The smallest absolute Gasteiger partial charge is 0.411 e. The summed E-state index contributed by atoms with van der Waals surface area (Å²) >= 11 is 0. The SMILES string of the molecule is CC(C)(C)OC(=O)N1CCC2(C[C@]1(C)C(=O)O)C(=O)CCC2=O. The van der Waals surface area contributed by atoms with Gasteiger partial charge in [0.25, 0.3) is 0 Å². The molecule has 1 spiro atoms. The third-order valence-corrected chi connectivity index (χ3v) is 4.73. The fourth-order valence-electron chi connectivity index (χ4n) is 3.46. The lowest BCUT2D eigenvalue weighted by Crippen LogP contribution is -2.64. The molecule has 0 bridgehead atoms. The first-order valence-corrected chi connectivity index (χ1v) is 7.73. The Hall–Kier alpha value is -1.92. The van der Waals surface area contributed by atoms with E-state index in [2.05, 4.69) is 0 Å². The summed E-state index contributed by atoms with van der Waals surface area (Å²) in [5, 5.41) is 9.66. The van der Waals surface area contributed by atoms with E-state index in [1.165, 1.54) is 6.92 Å². The molecular formula is C16H23NO6. The third kappa shape index (κ3) is 2.84. The highest BCUT2D eigenvalue weighted by Gasteiger charge is 2.60. The lowest BCUT2D eigenvalue weighted by molar-refractivity contribution is -0.159. The van der Waals surface area contributed by atoms with Crippen LogP contribution in [0, 0.1) is 5.41 Å². The molecular weight excluding hydrogens is 302 g/mol. The van der Waals surface area contributed by atoms with Gasteiger partial charge in [-0.15, -0.1) is 0 Å². The molecule has 0 unspecified atom stereocenters. The Bertz CT molecular complexity index is 560. The van der Waals surface area contributed by atoms with Crippen molar-refractivity contribution in [3.8, 4) is 0 Å². The minimum Gasteiger partial charge on any atom is -0.480 e. The van der Waals surface area contributed by atoms with Crippen LogP contribution in [0.4, 0.5) is 4.79 Å². The first-order valence-electron chi connectivity index (χ1n) is 7.73. The number of amides is 1. The van der Waals surface area contributed by atoms with Gasteiger partial charge < -0.3 is 9.84 Å². The summed E-state index contributed by atoms with van der Waals surface area (Å²) in [6, 6.07) is 0. The number of carboxylic acid groups (broad SMARTS) is 1. The van der Waals surface area contributed by atoms with Crippen LogP contribution in [0.2, 0.25) is 0 Å². The van der Waals surface area contributed by atoms with E-state index in [1.54, 1.807) is 20.8 Å². The molecule has 1 heterocycles. The molecule has 1 N–H and O–H groups in total. The average Bonchev–Trinajstić information content (AvgIpc) is 2.65. The minimum atomic E-state index is -1.64. The van der Waals surface area contributed by atoms with Gasteiger partial charge in [0.1, 0.15) is 22.7 Å². The number of hydrogen-bond donors (Lipinski definition) is 1. The van der Waals surface area contributed by atoms with Gasteiger partial charge in [0, 0.05) is 25.8 Å². The maximum atomic E-state index is 12.4. The van der Waals surface area contributed by atoms with Crippen molar-refractivity contribution < 1.29 is 29.0 Å². The molecule has 2 fully saturated rings. The van der Waals surface area contributed by atoms with Gasteiger partial charge in [0.2, 0.25) is 0 Å². The second-order valence-corrected chi connectivity index (χ2v) is 7.57. The zero-order valence-corrected chi connectivity index (χ0v) is 14.0. The molecule has 7 nitrogen and oxygen atoms in total. The molecule has 128 valence electrons. The molecule has 1 aliphatic carbocycles. The third-order valence-electron chi connectivity index (χ3n) is 4.73. The normalized spacial score (nSPS) is 27.4. The largest absolute Gasteiger partial charge is 0.480 e. The molecule has 1 saturated heterocycles. The number of piperidine rings is 1. The van der Waals surface area contributed by atoms with Gasteiger partial charge in [-0.2, -0.15) is 0 Å². The molecule has 0 aromatic heterocycles. The topological polar surface area (TPSA) is 101 Å². The van der Waals surface area contributed by atoms with Crippen LogP contribution in [0.5, 0.6) is 0 Å². The van der Waals surface area contributed by atoms with Crippen molar-refractivity contribution in [2.45, 2.75) is 64.5 Å². The molecule has 2 aliphatic rings. The zero-order chi connectivity index (χ0) is 17.6. The van der Waals surface area contributed by atoms with Crippen molar-refractivity contribution in [1.82, 2.24) is 4.90 Å². The standard InChI is InChI=1S/C16H23NO6/c1-14(2,3)23-13(22)17-8-7-16(9-15(17,4)12(20)21)10(18)5-6-11(16)19/h5-9H2,1-4H3,(H,20,21)/t15-/m1/s1. The number of carboxylic acids is 1. The Balaban J connectivity index is 2.35. The van der Waals surface area contributed by atoms with E-state index in [0.717, 1.165) is 4.90 Å². The molecule has 1 aliphatic heterocycles. The Labute approximate surface area is 135 Å². The van der Waals surface area contributed by atoms with Crippen molar-refractivity contribution in [2.75, 3.05) is 6.54 Å². The van der Waals surface area contributed by atoms with Crippen molar-refractivity contribution in [3.05, 3.63) is 0 Å². The van der Waals surface area contributed by atoms with Gasteiger partial charge in [-0.1, -0.05) is 0 Å². The van der Waals surface area contributed by atoms with Crippen molar-refractivity contribution >= 4 is 23.6 Å². The number of likely N-dealkylation sites (tertiary alicyclic amines) is 1. The van der Waals surface area contributed by atoms with Crippen LogP contribution in [0.3, 0.4) is 0 Å². The number of ether oxygens (including phenoxy) is 1. The van der Waals surface area contributed by atoms with E-state index in [1.807, 2.05) is 0 Å². The van der Waals surface area contributed by atoms with E-state index >= 15 is 0 Å². The van der Waals surface area contributed by atoms with Crippen LogP contribution >= 0.6 is 0 Å². The monoisotopic (exact) mass is 325 g/mol. The van der Waals surface area contributed by atoms with Gasteiger partial charge in [0.05, 0.1) is 5.41 Å². The second kappa shape index (κ2) is 5.32. The van der Waals surface area contributed by atoms with Gasteiger partial charge >= 0.3 is 12.1 Å². The highest BCUT2D eigenvalue weighted by molar-refractivity contribution is 6.13. The number of hydrogen-bond acceptors (Lipinski definition) is 5. The summed E-state index contributed by atoms with van der Waals surface area (Å²) in [7, 11) is 0. The van der Waals surface area contributed by atoms with E-state index in [0.29, 0.717) is 0 Å². The van der Waals surface area contributed by atoms with Crippen LogP contribution in [0.25, 0.3) is 0 Å². The van der Waals surface area contributed by atoms with Gasteiger partial charge in [-0.25, -0.2) is 9.59 Å². The molecule has 1 amide bonds. The van der Waals surface area contributed by atoms with Crippen molar-refractivity contribution in [1.29, 1.82) is 0 Å². The zero-order valence-electron chi connectivity index (χ0n) is 14.0. The van der Waals surface area contributed by atoms with Crippen LogP contribution in [0.15, 0.2) is 0 Å². The summed E-state index contributed by atoms with van der Waals surface area (Å²) in [6.07, 6.45) is -0.462. The van der Waals surface area contributed by atoms with Gasteiger partial charge in [0.15, 0.2) is 0 Å². The summed E-state index contributed by atoms with van der Waals surface area (Å²) in [5.41, 5.74) is -3.66. The maximum absolute atomic E-state index is 12.4. The Morgan fingerprint density at radius 3 is 2.13 bits per heavy atom. The van der Waals surface area contributed by atoms with Gasteiger partial charge in [-0.3, -0.25) is 14.5 Å². The van der Waals surface area contributed by atoms with E-state index in [-0.39, 0.29) is 43.8 Å². The number of carbonyl (C=O) groups excluding carboxylic acids is 3. The van der Waals surface area contributed by atoms with Crippen molar-refractivity contribution in [2.24, 2.45) is 5.41 Å². The highest BCUT2D eigenvalue weighted by atomic mass is 16.6. The van der Waals surface area contributed by atoms with Crippen molar-refractivity contribution in [3.63, 3.8) is 0 Å². The molecule has 1 saturated carbocycles. The Morgan fingerprint density at radius 1 is 1.17 bits per heavy atom. The summed E-state index contributed by atoms with van der Waals surface area (Å²) < 4.78 is 5.28. The Morgan fingerprint density at radius 2 is 1.70 bits per heavy atom. The van der Waals surface area contributed by atoms with Crippen LogP contribution < -0.4 is 0 Å². The first kappa shape index (κ1) is 17.4. The quantitative estimate of drug-likeness (QED) is 0.737. The summed E-state index contributed by atoms with van der Waals surface area (Å²) in [6.45, 7) is 6.46. The minimum absolute atomic E-state index is 0.00912. The number of nitrogens with zero attached hydrogens (tertiary/aromatic N) is 1. The fraction of sp³-hybridized carbons (Fsp3) is 0.750. The van der Waals surface area contributed by atoms with Gasteiger partial charge in [-0.05, 0) is 34.1 Å². The van der Waals surface area contributed by atoms with E-state index < -0.39 is 28.6 Å². The molecule has 2 rings (SSSR count). The van der Waals surface area contributed by atoms with Crippen LogP contribution in [-0.2, 0) is 19.1 Å². The maximum Gasteiger partial charge on any atom is 0.411 e. The number of ketones is 2. The number of aliphatic carboxylic acids is 1. The summed E-state index contributed by atoms with van der Waals surface area (Å²) in [5.74, 6) is -1.66. The first-order chi connectivity index (χ1) is 10.4.